The van der Waals surface area contributed by atoms with Crippen molar-refractivity contribution in [2.75, 3.05) is 14.2 Å². The van der Waals surface area contributed by atoms with Crippen LogP contribution in [-0.4, -0.2) is 104 Å². The van der Waals surface area contributed by atoms with Crippen molar-refractivity contribution in [1.82, 2.24) is 0 Å². The van der Waals surface area contributed by atoms with E-state index in [9.17, 15) is 38.9 Å². The first-order chi connectivity index (χ1) is 38.3. The van der Waals surface area contributed by atoms with E-state index in [4.69, 9.17) is 69.5 Å². The van der Waals surface area contributed by atoms with Crippen LogP contribution in [0.4, 0.5) is 0 Å². The van der Waals surface area contributed by atoms with E-state index in [2.05, 4.69) is 19.1 Å². The minimum absolute atomic E-state index is 0. The first kappa shape index (κ1) is 82.0. The zero-order valence-electron chi connectivity index (χ0n) is 45.7. The van der Waals surface area contributed by atoms with E-state index < -0.39 is 72.8 Å². The van der Waals surface area contributed by atoms with Gasteiger partial charge in [-0.2, -0.15) is 34.5 Å². The maximum Gasteiger partial charge on any atom is 1.00 e. The van der Waals surface area contributed by atoms with E-state index in [0.29, 0.717) is 58.1 Å². The van der Waals surface area contributed by atoms with Crippen LogP contribution in [0.2, 0.25) is 0 Å². The third-order valence-electron chi connectivity index (χ3n) is 10.3. The van der Waals surface area contributed by atoms with Crippen molar-refractivity contribution in [3.8, 4) is 56.4 Å². The Hall–Kier alpha value is -5.05. The number of ether oxygens (including phenoxy) is 4. The van der Waals surface area contributed by atoms with Gasteiger partial charge in [-0.1, -0.05) is 86.0 Å². The molecule has 7 aromatic carbocycles. The molecular formula is C50H45Na3O25S7. The minimum Gasteiger partial charge on any atom is -0.745 e. The van der Waals surface area contributed by atoms with Crippen LogP contribution >= 0.6 is 0 Å². The SMILES string of the molecule is CCc1c[c-]c(OCc2c[c-]c(-c3ccc(OC)cc3S(=O)(=O)[O-])cc2)cc1.CCc1ccc(-c2ccc(COc3ccc(-c4ccc(OC)cc4)c(S(=O)(=O)O)c3)cc2)c(S(=O)(=O)O)c1.O=S(=O)=O.O=S(=O)=O.O=S(=O)=O.O=S(=O)=O.[Na+].[Na+].[Na+]. The molecule has 0 aliphatic carbocycles. The van der Waals surface area contributed by atoms with E-state index in [1.807, 2.05) is 31.2 Å². The van der Waals surface area contributed by atoms with Crippen LogP contribution in [0.25, 0.3) is 33.4 Å². The number of benzene rings is 7. The number of hydrogen-bond acceptors (Lipinski definition) is 23. The summed E-state index contributed by atoms with van der Waals surface area (Å²) in [6.45, 7) is 4.39. The third-order valence-corrected chi connectivity index (χ3v) is 13.0. The Morgan fingerprint density at radius 3 is 1.22 bits per heavy atom. The van der Waals surface area contributed by atoms with Crippen LogP contribution in [0.1, 0.15) is 36.1 Å². The van der Waals surface area contributed by atoms with Gasteiger partial charge >= 0.3 is 131 Å². The average Bonchev–Trinajstić information content (AvgIpc) is 3.58. The molecule has 0 aromatic heterocycles. The molecule has 0 saturated heterocycles. The number of methoxy groups -OCH3 is 2. The second kappa shape index (κ2) is 40.4. The van der Waals surface area contributed by atoms with Gasteiger partial charge in [0, 0.05) is 27.8 Å². The zero-order valence-corrected chi connectivity index (χ0v) is 57.5. The van der Waals surface area contributed by atoms with E-state index in [0.717, 1.165) is 23.1 Å². The van der Waals surface area contributed by atoms with Crippen molar-refractivity contribution in [3.63, 3.8) is 0 Å². The zero-order chi connectivity index (χ0) is 62.0. The molecule has 35 heteroatoms. The van der Waals surface area contributed by atoms with Crippen molar-refractivity contribution in [2.24, 2.45) is 0 Å². The van der Waals surface area contributed by atoms with Gasteiger partial charge in [-0.15, -0.1) is 92.5 Å². The summed E-state index contributed by atoms with van der Waals surface area (Å²) in [5, 5.41) is 0. The van der Waals surface area contributed by atoms with Crippen LogP contribution in [0.5, 0.6) is 23.0 Å². The summed E-state index contributed by atoms with van der Waals surface area (Å²) in [6, 6.07) is 44.5. The van der Waals surface area contributed by atoms with Gasteiger partial charge in [-0.3, -0.25) is 9.11 Å². The Labute approximate surface area is 562 Å². The molecule has 0 aliphatic rings. The first-order valence-corrected chi connectivity index (χ1v) is 30.6. The van der Waals surface area contributed by atoms with Crippen LogP contribution in [-0.2, 0) is 98.8 Å². The Balaban J connectivity index is 0. The summed E-state index contributed by atoms with van der Waals surface area (Å²) in [5.74, 6) is 1.80. The Kier molecular flexibility index (Phi) is 39.0. The molecule has 0 aliphatic heterocycles. The number of hydrogen-bond donors (Lipinski definition) is 2. The molecule has 85 heavy (non-hydrogen) atoms. The Morgan fingerprint density at radius 1 is 0.424 bits per heavy atom. The van der Waals surface area contributed by atoms with Gasteiger partial charge in [0.1, 0.15) is 43.8 Å². The molecular weight excluding hydrogens is 1290 g/mol. The normalized spacial score (nSPS) is 10.1. The molecule has 2 N–H and O–H groups in total. The summed E-state index contributed by atoms with van der Waals surface area (Å²) in [7, 11) is -23.1. The minimum atomic E-state index is -4.66. The molecule has 440 valence electrons. The predicted octanol–water partition coefficient (Wildman–Crippen LogP) is -3.33. The van der Waals surface area contributed by atoms with Gasteiger partial charge in [0.15, 0.2) is 0 Å². The molecule has 0 amide bonds. The standard InChI is InChI=1S/C28H26O8S2.C22H20O5S.3Na.4O3S/c1-3-19-6-14-25(27(16-19)37(29,30)31)21-7-4-20(5-8-21)18-36-24-13-15-26(28(17-24)38(32,33)34)22-9-11-23(35-2)12-10-22;1-3-16-6-10-19(11-7-16)27-15-17-4-8-18(9-5-17)21-13-12-20(26-2)14-22(21)28(23,24)25;;;;4*1-4(2)3/h4-17H,3,18H2,1-2H3,(H,29,30,31)(H,32,33,34);4-8,10,12-14H,3,15H2,1-2H3,(H,23,24,25);;;;;;;/q;-2;3*+1;;;;/p-1. The maximum absolute atomic E-state index is 12.1. The van der Waals surface area contributed by atoms with Gasteiger partial charge in [0.25, 0.3) is 20.2 Å². The van der Waals surface area contributed by atoms with Gasteiger partial charge < -0.3 is 23.5 Å². The summed E-state index contributed by atoms with van der Waals surface area (Å²) in [6.07, 6.45) is 1.57. The number of aryl methyl sites for hydroxylation is 2. The summed E-state index contributed by atoms with van der Waals surface area (Å²) in [4.78, 5) is -0.781. The van der Waals surface area contributed by atoms with Crippen molar-refractivity contribution < 1.29 is 197 Å². The summed E-state index contributed by atoms with van der Waals surface area (Å²) in [5.41, 5.74) is 6.23. The number of rotatable bonds is 16. The van der Waals surface area contributed by atoms with Crippen molar-refractivity contribution in [3.05, 3.63) is 174 Å². The smallest absolute Gasteiger partial charge is 0.745 e. The van der Waals surface area contributed by atoms with Crippen molar-refractivity contribution >= 4 is 72.8 Å². The first-order valence-electron chi connectivity index (χ1n) is 22.3. The second-order valence-electron chi connectivity index (χ2n) is 15.5. The molecule has 0 saturated carbocycles. The molecule has 0 bridgehead atoms. The van der Waals surface area contributed by atoms with E-state index >= 15 is 0 Å². The van der Waals surface area contributed by atoms with E-state index in [-0.39, 0.29) is 121 Å². The van der Waals surface area contributed by atoms with Gasteiger partial charge in [-0.05, 0) is 71.1 Å². The van der Waals surface area contributed by atoms with E-state index in [1.54, 1.807) is 91.0 Å². The molecule has 0 radical (unpaired) electrons. The molecule has 0 unspecified atom stereocenters. The summed E-state index contributed by atoms with van der Waals surface area (Å²) >= 11 is 0. The molecule has 0 fully saturated rings. The predicted molar refractivity (Wildman–Crippen MR) is 287 cm³/mol. The quantitative estimate of drug-likeness (QED) is 0.0543. The van der Waals surface area contributed by atoms with Crippen LogP contribution in [0.3, 0.4) is 0 Å². The topological polar surface area (TPSA) is 408 Å². The summed E-state index contributed by atoms with van der Waals surface area (Å²) < 4.78 is 225. The Bertz CT molecular complexity index is 3990. The second-order valence-corrected chi connectivity index (χ2v) is 21.2. The average molecular weight is 1340 g/mol. The van der Waals surface area contributed by atoms with Gasteiger partial charge in [0.2, 0.25) is 0 Å². The van der Waals surface area contributed by atoms with Crippen molar-refractivity contribution in [2.45, 2.75) is 54.6 Å². The van der Waals surface area contributed by atoms with Crippen LogP contribution in [0.15, 0.2) is 154 Å². The molecule has 0 heterocycles. The molecule has 7 rings (SSSR count). The fraction of sp³-hybridized carbons (Fsp3) is 0.160. The largest absolute Gasteiger partial charge is 1.00 e. The maximum atomic E-state index is 12.1. The van der Waals surface area contributed by atoms with Gasteiger partial charge in [-0.25, -0.2) is 8.42 Å². The van der Waals surface area contributed by atoms with Crippen LogP contribution < -0.4 is 108 Å². The van der Waals surface area contributed by atoms with Gasteiger partial charge in [0.05, 0.1) is 20.8 Å². The Morgan fingerprint density at radius 2 is 0.800 bits per heavy atom. The molecule has 0 spiro atoms. The van der Waals surface area contributed by atoms with Crippen LogP contribution in [0, 0.1) is 12.1 Å². The monoisotopic (exact) mass is 1340 g/mol. The van der Waals surface area contributed by atoms with Crippen molar-refractivity contribution in [1.29, 1.82) is 0 Å². The molecule has 7 aromatic rings. The van der Waals surface area contributed by atoms with E-state index in [1.165, 1.54) is 44.0 Å². The molecule has 25 nitrogen and oxygen atoms in total. The molecule has 0 atom stereocenters. The fourth-order valence-corrected chi connectivity index (χ4v) is 8.89. The third kappa shape index (κ3) is 31.4. The fourth-order valence-electron chi connectivity index (χ4n) is 6.69.